The van der Waals surface area contributed by atoms with E-state index in [1.807, 2.05) is 34.0 Å². The quantitative estimate of drug-likeness (QED) is 0.198. The third-order valence-corrected chi connectivity index (χ3v) is 9.84. The molecular weight excluding hydrogens is 3340 g/mol. The first-order valence-corrected chi connectivity index (χ1v) is 39.4. The molecule has 596 valence electrons. The molecule has 0 aromatic heterocycles. The van der Waals surface area contributed by atoms with Crippen molar-refractivity contribution in [2.24, 2.45) is 54.1 Å². The summed E-state index contributed by atoms with van der Waals surface area (Å²) in [5.41, 5.74) is 4.72. The first kappa shape index (κ1) is 208. The Morgan fingerprint density at radius 2 is 0.382 bits per heavy atom. The minimum Gasteiger partial charge on any atom is -1.00 e. The van der Waals surface area contributed by atoms with E-state index in [1.54, 1.807) is 0 Å². The summed E-state index contributed by atoms with van der Waals surface area (Å²) in [5.74, 6) is 0. The number of hydrogen-bond acceptors (Lipinski definition) is 0. The second kappa shape index (κ2) is 125. The Hall–Kier alpha value is 15.0. The van der Waals surface area contributed by atoms with Gasteiger partial charge in [-0.25, -0.2) is 0 Å². The molecule has 0 bridgehead atoms. The summed E-state index contributed by atoms with van der Waals surface area (Å²) in [4.78, 5) is 0. The van der Waals surface area contributed by atoms with Gasteiger partial charge < -0.3 is 94.8 Å². The van der Waals surface area contributed by atoms with Crippen molar-refractivity contribution in [1.82, 2.24) is 0 Å². The summed E-state index contributed by atoms with van der Waals surface area (Å²) < 4.78 is 7.20. The molecule has 4 N–H and O–H groups in total. The van der Waals surface area contributed by atoms with Crippen LogP contribution in [0.25, 0.3) is 22.9 Å². The molecule has 4 radical (unpaired) electrons. The maximum atomic E-state index is 4.61. The van der Waals surface area contributed by atoms with Crippen molar-refractivity contribution < 1.29 is 506 Å². The van der Waals surface area contributed by atoms with Crippen molar-refractivity contribution in [1.29, 1.82) is 0 Å². The molecular formula is C80H168K2N4U4V4W4Y4-14. The van der Waals surface area contributed by atoms with E-state index in [9.17, 15) is 0 Å². The number of nitrogens with zero attached hydrogens (tertiary/aromatic N) is 2. The normalized spacial score (nSPS) is 9.10. The maximum Gasteiger partial charge on any atom is 2.00 e. The van der Waals surface area contributed by atoms with Gasteiger partial charge in [0.1, 0.15) is 0 Å². The van der Waals surface area contributed by atoms with Gasteiger partial charge in [0.25, 0.3) is 0 Å². The molecule has 0 aliphatic rings. The van der Waals surface area contributed by atoms with Crippen molar-refractivity contribution in [2.75, 3.05) is 0 Å². The third-order valence-electron chi connectivity index (χ3n) is 2.87. The smallest absolute Gasteiger partial charge is 1.00 e. The Morgan fingerprint density at radius 3 is 0.382 bits per heavy atom. The van der Waals surface area contributed by atoms with Crippen LogP contribution in [0.2, 0.25) is 0 Å². The summed E-state index contributed by atoms with van der Waals surface area (Å²) in [6, 6.07) is 0. The minimum absolute atomic E-state index is 0. The molecule has 22 heteroatoms. The molecule has 0 unspecified atom stereocenters. The average Bonchev–Trinajstić information content (AvgIpc) is 3.13. The van der Waals surface area contributed by atoms with Crippen LogP contribution in [0.4, 0.5) is 0 Å². The molecule has 0 saturated carbocycles. The van der Waals surface area contributed by atoms with Crippen molar-refractivity contribution >= 4 is 34.8 Å². The van der Waals surface area contributed by atoms with E-state index in [-0.39, 0.29) is 384 Å². The average molecular weight is 3510 g/mol. The Morgan fingerprint density at radius 1 is 0.324 bits per heavy atom. The fourth-order valence-corrected chi connectivity index (χ4v) is 5.75. The van der Waals surface area contributed by atoms with Crippen molar-refractivity contribution in [3.8, 4) is 0 Å². The summed E-state index contributed by atoms with van der Waals surface area (Å²) in [6.45, 7) is 140. The molecule has 0 amide bonds. The molecule has 0 aromatic carbocycles. The van der Waals surface area contributed by atoms with Gasteiger partial charge in [-0.3, -0.25) is 0 Å². The van der Waals surface area contributed by atoms with E-state index >= 15 is 0 Å². The van der Waals surface area contributed by atoms with Crippen LogP contribution in [0.15, 0.2) is 12.2 Å². The minimum atomic E-state index is 0. The van der Waals surface area contributed by atoms with E-state index in [0.717, 1.165) is 20.9 Å². The van der Waals surface area contributed by atoms with E-state index in [2.05, 4.69) is 442 Å². The van der Waals surface area contributed by atoms with Gasteiger partial charge in [0.15, 0.2) is 0 Å². The predicted molar refractivity (Wildman–Crippen MR) is 422 cm³/mol. The van der Waals surface area contributed by atoms with Gasteiger partial charge in [-0.1, -0.05) is 222 Å². The molecule has 0 heterocycles. The molecule has 102 heavy (non-hydrogen) atoms. The second-order valence-corrected chi connectivity index (χ2v) is 44.9. The summed E-state index contributed by atoms with van der Waals surface area (Å²) in [5, 5.41) is 17.4. The standard InChI is InChI=1S/2C7H11.2C6H11N.8C5H12.2C3H6.2C3H4.2CH.2K.2H2N.4U.4V.4W.4Y.2H/c2*1-5-6-7(2,3)4;2*1-5-7-6(2,3)4;8*1-5(2,3)4;4*1-3-2;;;;;;;;;;;;;;;;;;;;;;;;/h4*1H2,2-4H3;8*1-4H3;2*1-3H2;2*1,3H,2H2;2*1H;;;2*1H2;;;;;;;;;;;;;;;;;;/q2*-1;2*-2;;;;;;;;;4*-2;2*-1;2*+1;2*-1;;;2*+2;;;;;;;;;;;;;2*-1. The van der Waals surface area contributed by atoms with Crippen molar-refractivity contribution in [3.05, 3.63) is 117 Å². The number of rotatable bonds is 4. The van der Waals surface area contributed by atoms with E-state index in [4.69, 9.17) is 0 Å². The number of nitrogens with two attached hydrogens (primary N) is 2. The van der Waals surface area contributed by atoms with E-state index in [0.29, 0.717) is 54.1 Å². The topological polar surface area (TPSA) is 95.2 Å². The first-order valence-electron chi connectivity index (χ1n) is 30.6. The van der Waals surface area contributed by atoms with Gasteiger partial charge in [-0.15, -0.1) is 0 Å². The summed E-state index contributed by atoms with van der Waals surface area (Å²) in [7, 11) is 0. The Labute approximate surface area is 1020 Å². The van der Waals surface area contributed by atoms with Gasteiger partial charge in [-0.05, 0) is 43.3 Å². The molecule has 0 fully saturated rings. The molecule has 0 atom stereocenters. The van der Waals surface area contributed by atoms with Crippen molar-refractivity contribution in [3.63, 3.8) is 0 Å². The third kappa shape index (κ3) is 738. The fraction of sp³-hybridized carbons (Fsp3) is 0.725. The van der Waals surface area contributed by atoms with E-state index in [1.165, 1.54) is 106 Å². The zero-order valence-electron chi connectivity index (χ0n) is 78.7. The molecule has 0 aromatic rings. The van der Waals surface area contributed by atoms with Gasteiger partial charge >= 0.3 is 488 Å². The Balaban J connectivity index is -0.0000000177. The molecule has 0 aliphatic carbocycles. The van der Waals surface area contributed by atoms with Gasteiger partial charge in [-0.2, -0.15) is 0 Å². The molecule has 0 saturated heterocycles. The summed E-state index contributed by atoms with van der Waals surface area (Å²) in [6.07, 6.45) is 4.00. The van der Waals surface area contributed by atoms with Crippen LogP contribution in [-0.2, 0) is 276 Å². The zero-order chi connectivity index (χ0) is 79.7. The largest absolute Gasteiger partial charge is 2.00 e. The van der Waals surface area contributed by atoms with Crippen LogP contribution in [0.5, 0.6) is 0 Å². The second-order valence-electron chi connectivity index (χ2n) is 36.6. The van der Waals surface area contributed by atoms with Crippen LogP contribution in [0.3, 0.4) is 0 Å². The van der Waals surface area contributed by atoms with E-state index < -0.39 is 0 Å². The number of hydrogen-bond donors (Lipinski definition) is 0. The number of allylic oxidation sites excluding steroid dienone is 2. The SMILES string of the molecule is CC(C)(C)C.CC(C)(C)C.CC(C)(C)C.CC(C)(C)C.CC(C)(C)C.CC(C)(C)C.CC(C)(C)C.CC(C)(C)C.[CH-]=C[CH2-].[CH-]=C[CH2-].[CH-]=[V].[CH-]=[V].[CH2-]C[CH2-].[CH2-]C[CH2-].[CH2-][C](=[W])[C](=[V])C(C)(C)C.[CH2-][C](=[W])[C](=[V])C(C)(C)C.[CH2-][C](=[W])[N-]C(C)(C)C.[CH2-][C](=[W])[N-]C(C)(C)C.[H-].[H-].[K+].[K+].[NH2-].[NH2-].[U+2].[U+2].[U].[U].[Y].[Y].[Y].[Y]. The molecule has 4 nitrogen and oxygen atoms in total. The fourth-order valence-electron chi connectivity index (χ4n) is 1.58. The van der Waals surface area contributed by atoms with Crippen LogP contribution in [0, 0.1) is 261 Å². The monoisotopic (exact) mass is 3510 g/mol. The molecule has 0 aliphatic heterocycles. The van der Waals surface area contributed by atoms with Crippen LogP contribution in [0.1, 0.15) is 320 Å². The van der Waals surface area contributed by atoms with Crippen LogP contribution < -0.4 is 103 Å². The van der Waals surface area contributed by atoms with Gasteiger partial charge in [0.2, 0.25) is 0 Å². The Bertz CT molecular complexity index is 1400. The van der Waals surface area contributed by atoms with Crippen molar-refractivity contribution in [2.45, 2.75) is 329 Å². The summed E-state index contributed by atoms with van der Waals surface area (Å²) >= 11 is 14.5. The van der Waals surface area contributed by atoms with Crippen LogP contribution >= 0.6 is 0 Å². The van der Waals surface area contributed by atoms with Gasteiger partial charge in [0, 0.05) is 193 Å². The molecule has 0 rings (SSSR count). The first-order chi connectivity index (χ1) is 38.2. The maximum absolute atomic E-state index is 4.61. The van der Waals surface area contributed by atoms with Crippen LogP contribution in [-0.4, -0.2) is 45.8 Å². The molecule has 0 spiro atoms. The predicted octanol–water partition coefficient (Wildman–Crippen LogP) is 21.4. The van der Waals surface area contributed by atoms with Gasteiger partial charge in [0.05, 0.1) is 0 Å². The Kier molecular flexibility index (Phi) is 254. The zero-order valence-corrected chi connectivity index (χ0v) is 128.